The molecule has 4 aromatic rings. The summed E-state index contributed by atoms with van der Waals surface area (Å²) in [6.45, 7) is 4.90. The van der Waals surface area contributed by atoms with Crippen molar-refractivity contribution in [3.8, 4) is 11.5 Å². The van der Waals surface area contributed by atoms with E-state index in [1.807, 2.05) is 18.2 Å². The average Bonchev–Trinajstić information content (AvgIpc) is 3.73. The van der Waals surface area contributed by atoms with Crippen LogP contribution in [0.4, 0.5) is 0 Å². The van der Waals surface area contributed by atoms with Gasteiger partial charge in [-0.3, -0.25) is 14.6 Å². The highest BCUT2D eigenvalue weighted by Crippen LogP contribution is 2.46. The second-order valence-corrected chi connectivity index (χ2v) is 13.6. The van der Waals surface area contributed by atoms with Gasteiger partial charge in [-0.05, 0) is 99.2 Å². The van der Waals surface area contributed by atoms with Crippen molar-refractivity contribution < 1.29 is 19.4 Å². The molecule has 0 radical (unpaired) electrons. The molecule has 2 bridgehead atoms. The van der Waals surface area contributed by atoms with E-state index in [-0.39, 0.29) is 12.2 Å². The molecule has 45 heavy (non-hydrogen) atoms. The van der Waals surface area contributed by atoms with Crippen molar-refractivity contribution >= 4 is 17.0 Å². The molecule has 0 spiro atoms. The smallest absolute Gasteiger partial charge is 0.325 e. The minimum Gasteiger partial charge on any atom is -0.480 e. The molecule has 8 heteroatoms. The summed E-state index contributed by atoms with van der Waals surface area (Å²) in [5, 5.41) is 10.4. The first-order valence-electron chi connectivity index (χ1n) is 16.6. The summed E-state index contributed by atoms with van der Waals surface area (Å²) >= 11 is 0. The van der Waals surface area contributed by atoms with Gasteiger partial charge in [-0.15, -0.1) is 0 Å². The first-order valence-corrected chi connectivity index (χ1v) is 16.6. The van der Waals surface area contributed by atoms with E-state index in [2.05, 4.69) is 75.9 Å². The molecular formula is C37H42N4O4. The minimum atomic E-state index is -0.818. The Kier molecular flexibility index (Phi) is 7.29. The Morgan fingerprint density at radius 2 is 1.64 bits per heavy atom. The maximum absolute atomic E-state index is 12.6. The quantitative estimate of drug-likeness (QED) is 0.246. The van der Waals surface area contributed by atoms with Crippen LogP contribution in [0.15, 0.2) is 72.8 Å². The van der Waals surface area contributed by atoms with Gasteiger partial charge in [-0.1, -0.05) is 48.5 Å². The van der Waals surface area contributed by atoms with E-state index in [1.54, 1.807) is 0 Å². The van der Waals surface area contributed by atoms with Crippen LogP contribution in [0.3, 0.4) is 0 Å². The molecule has 0 saturated carbocycles. The molecule has 0 amide bonds. The lowest BCUT2D eigenvalue weighted by atomic mass is 9.70. The summed E-state index contributed by atoms with van der Waals surface area (Å²) in [6.07, 6.45) is 7.88. The van der Waals surface area contributed by atoms with Gasteiger partial charge in [0.15, 0.2) is 11.5 Å². The fraction of sp³-hybridized carbons (Fsp3) is 0.459. The number of fused-ring (bicyclic) bond motifs is 4. The predicted molar refractivity (Wildman–Crippen MR) is 173 cm³/mol. The summed E-state index contributed by atoms with van der Waals surface area (Å²) in [6, 6.07) is 26.1. The molecule has 3 unspecified atom stereocenters. The van der Waals surface area contributed by atoms with Gasteiger partial charge in [0.2, 0.25) is 6.79 Å². The van der Waals surface area contributed by atoms with Gasteiger partial charge in [-0.2, -0.15) is 0 Å². The van der Waals surface area contributed by atoms with Crippen molar-refractivity contribution in [1.29, 1.82) is 0 Å². The lowest BCUT2D eigenvalue weighted by Crippen LogP contribution is -2.49. The number of hydrogen-bond acceptors (Lipinski definition) is 6. The predicted octanol–water partition coefficient (Wildman–Crippen LogP) is 6.49. The number of hydrogen-bond donors (Lipinski definition) is 1. The zero-order valence-corrected chi connectivity index (χ0v) is 26.0. The molecule has 8 rings (SSSR count). The van der Waals surface area contributed by atoms with Gasteiger partial charge in [-0.25, -0.2) is 4.98 Å². The fourth-order valence-corrected chi connectivity index (χ4v) is 9.07. The Morgan fingerprint density at radius 1 is 0.933 bits per heavy atom. The highest BCUT2D eigenvalue weighted by atomic mass is 16.7. The van der Waals surface area contributed by atoms with Crippen LogP contribution in [-0.4, -0.2) is 68.9 Å². The van der Waals surface area contributed by atoms with Crippen LogP contribution in [0.5, 0.6) is 11.5 Å². The topological polar surface area (TPSA) is 80.1 Å². The van der Waals surface area contributed by atoms with Crippen molar-refractivity contribution in [2.24, 2.45) is 0 Å². The highest BCUT2D eigenvalue weighted by molar-refractivity contribution is 5.76. The number of aromatic nitrogens is 2. The average molecular weight is 607 g/mol. The number of rotatable bonds is 8. The molecule has 8 nitrogen and oxygen atoms in total. The van der Waals surface area contributed by atoms with Gasteiger partial charge in [0.05, 0.1) is 11.0 Å². The lowest BCUT2D eigenvalue weighted by Gasteiger charge is -2.46. The number of benzene rings is 3. The number of carboxylic acids is 1. The summed E-state index contributed by atoms with van der Waals surface area (Å²) < 4.78 is 13.5. The summed E-state index contributed by atoms with van der Waals surface area (Å²) in [5.41, 5.74) is 4.54. The summed E-state index contributed by atoms with van der Waals surface area (Å²) in [5.74, 6) is 1.62. The van der Waals surface area contributed by atoms with E-state index in [0.29, 0.717) is 29.6 Å². The fourth-order valence-electron chi connectivity index (χ4n) is 9.07. The second-order valence-electron chi connectivity index (χ2n) is 13.6. The van der Waals surface area contributed by atoms with Gasteiger partial charge in [0.25, 0.3) is 0 Å². The number of aliphatic carboxylic acids is 1. The van der Waals surface area contributed by atoms with E-state index in [9.17, 15) is 9.90 Å². The number of carboxylic acid groups (broad SMARTS) is 1. The van der Waals surface area contributed by atoms with Gasteiger partial charge >= 0.3 is 5.97 Å². The van der Waals surface area contributed by atoms with E-state index >= 15 is 0 Å². The first kappa shape index (κ1) is 28.6. The van der Waals surface area contributed by atoms with Crippen molar-refractivity contribution in [3.05, 3.63) is 89.7 Å². The van der Waals surface area contributed by atoms with Crippen molar-refractivity contribution in [1.82, 2.24) is 19.4 Å². The molecule has 5 heterocycles. The third-order valence-electron chi connectivity index (χ3n) is 11.3. The Bertz CT molecular complexity index is 1680. The van der Waals surface area contributed by atoms with Gasteiger partial charge in [0.1, 0.15) is 11.9 Å². The maximum Gasteiger partial charge on any atom is 0.325 e. The van der Waals surface area contributed by atoms with Crippen molar-refractivity contribution in [3.63, 3.8) is 0 Å². The third kappa shape index (κ3) is 5.08. The van der Waals surface area contributed by atoms with E-state index < -0.39 is 12.0 Å². The number of piperidine rings is 2. The number of ether oxygens (including phenoxy) is 2. The van der Waals surface area contributed by atoms with Gasteiger partial charge < -0.3 is 19.1 Å². The Hall–Kier alpha value is -3.88. The molecule has 4 aliphatic heterocycles. The van der Waals surface area contributed by atoms with E-state index in [0.717, 1.165) is 55.8 Å². The third-order valence-corrected chi connectivity index (χ3v) is 11.3. The largest absolute Gasteiger partial charge is 0.480 e. The Morgan fingerprint density at radius 3 is 2.40 bits per heavy atom. The van der Waals surface area contributed by atoms with E-state index in [1.165, 1.54) is 36.8 Å². The zero-order valence-electron chi connectivity index (χ0n) is 26.0. The number of carbonyl (C=O) groups is 1. The molecule has 1 aromatic heterocycles. The van der Waals surface area contributed by atoms with Crippen LogP contribution >= 0.6 is 0 Å². The molecule has 3 saturated heterocycles. The van der Waals surface area contributed by atoms with Crippen molar-refractivity contribution in [2.45, 2.75) is 81.5 Å². The first-order chi connectivity index (χ1) is 22.0. The van der Waals surface area contributed by atoms with Crippen LogP contribution in [-0.2, 0) is 10.2 Å². The summed E-state index contributed by atoms with van der Waals surface area (Å²) in [4.78, 5) is 22.5. The van der Waals surface area contributed by atoms with Crippen molar-refractivity contribution in [2.75, 3.05) is 26.4 Å². The second kappa shape index (κ2) is 11.5. The monoisotopic (exact) mass is 606 g/mol. The highest BCUT2D eigenvalue weighted by Gasteiger charge is 2.45. The van der Waals surface area contributed by atoms with Gasteiger partial charge in [0, 0.05) is 31.2 Å². The number of nitrogens with zero attached hydrogens (tertiary/aromatic N) is 4. The molecule has 3 atom stereocenters. The molecule has 3 fully saturated rings. The molecule has 4 aliphatic rings. The van der Waals surface area contributed by atoms with Crippen LogP contribution in [0.1, 0.15) is 74.0 Å². The number of para-hydroxylation sites is 2. The zero-order chi connectivity index (χ0) is 30.5. The van der Waals surface area contributed by atoms with Crippen LogP contribution in [0.25, 0.3) is 11.0 Å². The minimum absolute atomic E-state index is 0.0309. The number of likely N-dealkylation sites (tertiary alicyclic amines) is 1. The normalized spacial score (nSPS) is 25.0. The van der Waals surface area contributed by atoms with E-state index in [4.69, 9.17) is 14.5 Å². The SMILES string of the molecule is Cc1nc2ccccc2n1C1CC2CCC(C1)N2CCC1(c2ccccc2)CCN(C(C(=O)O)c2ccc3c(c2)OCO3)CC1. The van der Waals surface area contributed by atoms with Crippen LogP contribution in [0.2, 0.25) is 0 Å². The lowest BCUT2D eigenvalue weighted by molar-refractivity contribution is -0.144. The summed E-state index contributed by atoms with van der Waals surface area (Å²) in [7, 11) is 0. The number of imidazole rings is 1. The maximum atomic E-state index is 12.6. The molecule has 3 aromatic carbocycles. The standard InChI is InChI=1S/C37H42N4O4/c1-25-38-31-9-5-6-10-32(31)41(25)30-22-28-12-13-29(23-30)40(28)20-17-37(27-7-3-2-4-8-27)15-18-39(19-16-37)35(36(42)43)26-11-14-33-34(21-26)45-24-44-33/h2-11,14,21,28-30,35H,12-13,15-20,22-24H2,1H3,(H,42,43). The Labute approximate surface area is 264 Å². The molecular weight excluding hydrogens is 564 g/mol. The van der Waals surface area contributed by atoms with Crippen LogP contribution < -0.4 is 9.47 Å². The number of aryl methyl sites for hydroxylation is 1. The Balaban J connectivity index is 0.990. The molecule has 234 valence electrons. The molecule has 0 aliphatic carbocycles. The van der Waals surface area contributed by atoms with Crippen LogP contribution in [0, 0.1) is 6.92 Å². The molecule has 1 N–H and O–H groups in total.